The minimum atomic E-state index is -0.434. The Labute approximate surface area is 129 Å². The van der Waals surface area contributed by atoms with Crippen LogP contribution in [0.3, 0.4) is 0 Å². The number of carbonyl (C=O) groups excluding carboxylic acids is 1. The van der Waals surface area contributed by atoms with Crippen molar-refractivity contribution in [3.05, 3.63) is 18.6 Å². The molecule has 120 valence electrons. The molecular formula is C16H22N2O4. The summed E-state index contributed by atoms with van der Waals surface area (Å²) in [6.45, 7) is 4.78. The quantitative estimate of drug-likeness (QED) is 0.838. The largest absolute Gasteiger partial charge is 0.470 e. The van der Waals surface area contributed by atoms with Gasteiger partial charge in [-0.2, -0.15) is 0 Å². The number of carbonyl (C=O) groups is 1. The lowest BCUT2D eigenvalue weighted by molar-refractivity contribution is -0.146. The number of hydrogen-bond donors (Lipinski definition) is 0. The van der Waals surface area contributed by atoms with Gasteiger partial charge in [-0.1, -0.05) is 0 Å². The maximum atomic E-state index is 12.2. The first-order valence-corrected chi connectivity index (χ1v) is 8.01. The van der Waals surface area contributed by atoms with E-state index >= 15 is 0 Å². The van der Waals surface area contributed by atoms with Gasteiger partial charge >= 0.3 is 0 Å². The number of amides is 1. The summed E-state index contributed by atoms with van der Waals surface area (Å²) < 4.78 is 16.9. The lowest BCUT2D eigenvalue weighted by Crippen LogP contribution is -2.60. The molecule has 22 heavy (non-hydrogen) atoms. The van der Waals surface area contributed by atoms with E-state index in [-0.39, 0.29) is 12.5 Å². The first kappa shape index (κ1) is 14.2. The van der Waals surface area contributed by atoms with Crippen molar-refractivity contribution < 1.29 is 18.7 Å². The van der Waals surface area contributed by atoms with Crippen LogP contribution < -0.4 is 4.90 Å². The van der Waals surface area contributed by atoms with Gasteiger partial charge in [-0.05, 0) is 18.8 Å². The molecule has 0 aromatic carbocycles. The van der Waals surface area contributed by atoms with Crippen LogP contribution in [0.4, 0.5) is 5.69 Å². The van der Waals surface area contributed by atoms with Crippen molar-refractivity contribution in [2.24, 2.45) is 5.92 Å². The molecule has 2 saturated heterocycles. The molecule has 3 fully saturated rings. The van der Waals surface area contributed by atoms with Gasteiger partial charge in [0.05, 0.1) is 31.7 Å². The van der Waals surface area contributed by atoms with E-state index in [9.17, 15) is 4.79 Å². The minimum Gasteiger partial charge on any atom is -0.470 e. The highest BCUT2D eigenvalue weighted by Gasteiger charge is 2.44. The number of ether oxygens (including phenoxy) is 2. The van der Waals surface area contributed by atoms with Gasteiger partial charge in [-0.25, -0.2) is 0 Å². The Morgan fingerprint density at radius 1 is 1.32 bits per heavy atom. The van der Waals surface area contributed by atoms with Crippen molar-refractivity contribution in [1.82, 2.24) is 4.90 Å². The third kappa shape index (κ3) is 2.91. The Balaban J connectivity index is 1.51. The molecule has 1 amide bonds. The van der Waals surface area contributed by atoms with Crippen molar-refractivity contribution in [2.45, 2.75) is 18.4 Å². The molecule has 4 rings (SSSR count). The van der Waals surface area contributed by atoms with Crippen molar-refractivity contribution in [1.29, 1.82) is 0 Å². The summed E-state index contributed by atoms with van der Waals surface area (Å²) in [6, 6.07) is 1.82. The van der Waals surface area contributed by atoms with Gasteiger partial charge in [0.1, 0.15) is 18.5 Å². The molecule has 1 spiro atoms. The molecule has 0 unspecified atom stereocenters. The van der Waals surface area contributed by atoms with E-state index in [1.165, 1.54) is 12.8 Å². The average molecular weight is 306 g/mol. The Hall–Kier alpha value is -1.37. The standard InChI is InChI=1S/C16H22N2O4/c19-15-9-22-16(11-18(15)14-3-5-20-8-14)10-17(4-6-21-12-16)7-13-1-2-13/h3,5,8,13H,1-2,4,6-7,9-12H2/t16-/m1/s1. The molecule has 6 nitrogen and oxygen atoms in total. The summed E-state index contributed by atoms with van der Waals surface area (Å²) in [5.74, 6) is 0.815. The fourth-order valence-electron chi connectivity index (χ4n) is 3.35. The van der Waals surface area contributed by atoms with Crippen LogP contribution in [0, 0.1) is 5.92 Å². The average Bonchev–Trinajstić information content (AvgIpc) is 3.21. The van der Waals surface area contributed by atoms with E-state index in [2.05, 4.69) is 4.90 Å². The number of rotatable bonds is 3. The van der Waals surface area contributed by atoms with Gasteiger partial charge in [0.15, 0.2) is 0 Å². The summed E-state index contributed by atoms with van der Waals surface area (Å²) in [4.78, 5) is 16.4. The summed E-state index contributed by atoms with van der Waals surface area (Å²) >= 11 is 0. The zero-order valence-corrected chi connectivity index (χ0v) is 12.7. The van der Waals surface area contributed by atoms with Gasteiger partial charge in [-0.15, -0.1) is 0 Å². The third-order valence-electron chi connectivity index (χ3n) is 4.71. The molecule has 1 aliphatic carbocycles. The van der Waals surface area contributed by atoms with E-state index in [0.29, 0.717) is 13.2 Å². The van der Waals surface area contributed by atoms with E-state index in [1.54, 1.807) is 17.4 Å². The number of furan rings is 1. The smallest absolute Gasteiger partial charge is 0.253 e. The minimum absolute atomic E-state index is 0.0231. The van der Waals surface area contributed by atoms with Gasteiger partial charge in [0.2, 0.25) is 0 Å². The Bertz CT molecular complexity index is 528. The number of morpholine rings is 1. The normalized spacial score (nSPS) is 30.7. The number of nitrogens with zero attached hydrogens (tertiary/aromatic N) is 2. The zero-order valence-electron chi connectivity index (χ0n) is 12.7. The maximum Gasteiger partial charge on any atom is 0.253 e. The van der Waals surface area contributed by atoms with Crippen LogP contribution in [0.5, 0.6) is 0 Å². The van der Waals surface area contributed by atoms with Crippen LogP contribution >= 0.6 is 0 Å². The van der Waals surface area contributed by atoms with Crippen molar-refractivity contribution >= 4 is 11.6 Å². The molecule has 0 N–H and O–H groups in total. The fraction of sp³-hybridized carbons (Fsp3) is 0.688. The summed E-state index contributed by atoms with van der Waals surface area (Å²) in [5.41, 5.74) is 0.363. The summed E-state index contributed by atoms with van der Waals surface area (Å²) in [7, 11) is 0. The molecule has 0 radical (unpaired) electrons. The molecule has 2 aliphatic heterocycles. The molecule has 1 atom stereocenters. The first-order chi connectivity index (χ1) is 10.7. The second-order valence-corrected chi connectivity index (χ2v) is 6.66. The molecule has 1 aromatic rings. The Morgan fingerprint density at radius 2 is 2.23 bits per heavy atom. The topological polar surface area (TPSA) is 55.2 Å². The monoisotopic (exact) mass is 306 g/mol. The van der Waals surface area contributed by atoms with Gasteiger partial charge in [-0.3, -0.25) is 9.69 Å². The highest BCUT2D eigenvalue weighted by Crippen LogP contribution is 2.32. The van der Waals surface area contributed by atoms with Crippen LogP contribution in [-0.4, -0.2) is 62.4 Å². The van der Waals surface area contributed by atoms with Gasteiger partial charge in [0.25, 0.3) is 5.91 Å². The van der Waals surface area contributed by atoms with Crippen LogP contribution in [0.1, 0.15) is 12.8 Å². The molecule has 3 aliphatic rings. The van der Waals surface area contributed by atoms with E-state index in [1.807, 2.05) is 6.07 Å². The van der Waals surface area contributed by atoms with E-state index < -0.39 is 5.60 Å². The van der Waals surface area contributed by atoms with Crippen molar-refractivity contribution in [2.75, 3.05) is 50.9 Å². The molecule has 1 saturated carbocycles. The number of hydrogen-bond acceptors (Lipinski definition) is 5. The SMILES string of the molecule is O=C1CO[C@@]2(COCCN(CC3CC3)C2)CN1c1ccoc1. The Kier molecular flexibility index (Phi) is 3.68. The van der Waals surface area contributed by atoms with Crippen molar-refractivity contribution in [3.63, 3.8) is 0 Å². The highest BCUT2D eigenvalue weighted by atomic mass is 16.6. The maximum absolute atomic E-state index is 12.2. The molecular weight excluding hydrogens is 284 g/mol. The molecule has 3 heterocycles. The van der Waals surface area contributed by atoms with Crippen LogP contribution in [-0.2, 0) is 14.3 Å². The van der Waals surface area contributed by atoms with E-state index in [4.69, 9.17) is 13.9 Å². The lowest BCUT2D eigenvalue weighted by atomic mass is 10.0. The summed E-state index contributed by atoms with van der Waals surface area (Å²) in [6.07, 6.45) is 5.87. The predicted molar refractivity (Wildman–Crippen MR) is 79.7 cm³/mol. The van der Waals surface area contributed by atoms with E-state index in [0.717, 1.165) is 37.8 Å². The van der Waals surface area contributed by atoms with Crippen molar-refractivity contribution in [3.8, 4) is 0 Å². The predicted octanol–water partition coefficient (Wildman–Crippen LogP) is 1.12. The number of anilines is 1. The van der Waals surface area contributed by atoms with Gasteiger partial charge in [0, 0.05) is 25.7 Å². The zero-order chi connectivity index (χ0) is 15.0. The Morgan fingerprint density at radius 3 is 3.00 bits per heavy atom. The van der Waals surface area contributed by atoms with Crippen LogP contribution in [0.15, 0.2) is 23.0 Å². The second kappa shape index (κ2) is 5.68. The van der Waals surface area contributed by atoms with Crippen LogP contribution in [0.2, 0.25) is 0 Å². The molecule has 0 bridgehead atoms. The molecule has 1 aromatic heterocycles. The third-order valence-corrected chi connectivity index (χ3v) is 4.71. The fourth-order valence-corrected chi connectivity index (χ4v) is 3.35. The molecule has 6 heteroatoms. The van der Waals surface area contributed by atoms with Crippen LogP contribution in [0.25, 0.3) is 0 Å². The first-order valence-electron chi connectivity index (χ1n) is 8.01. The lowest BCUT2D eigenvalue weighted by Gasteiger charge is -2.42. The van der Waals surface area contributed by atoms with Gasteiger partial charge < -0.3 is 18.8 Å². The highest BCUT2D eigenvalue weighted by molar-refractivity contribution is 5.95. The summed E-state index contributed by atoms with van der Waals surface area (Å²) in [5, 5.41) is 0. The second-order valence-electron chi connectivity index (χ2n) is 6.66.